The van der Waals surface area contributed by atoms with Crippen molar-refractivity contribution in [1.82, 2.24) is 15.3 Å². The minimum atomic E-state index is 0.452. The van der Waals surface area contributed by atoms with Crippen molar-refractivity contribution in [2.45, 2.75) is 52.0 Å². The maximum Gasteiger partial charge on any atom is 0.235 e. The lowest BCUT2D eigenvalue weighted by atomic mass is 9.73. The van der Waals surface area contributed by atoms with Crippen molar-refractivity contribution in [3.63, 3.8) is 0 Å². The third-order valence-electron chi connectivity index (χ3n) is 4.28. The average Bonchev–Trinajstić information content (AvgIpc) is 2.45. The van der Waals surface area contributed by atoms with E-state index < -0.39 is 0 Å². The van der Waals surface area contributed by atoms with Crippen LogP contribution in [0.1, 0.15) is 51.6 Å². The molecule has 0 aliphatic heterocycles. The zero-order valence-electron chi connectivity index (χ0n) is 13.1. The SMILES string of the molecule is COc1nccnc1C1CC(C)CCC1CNC(C)C. The summed E-state index contributed by atoms with van der Waals surface area (Å²) in [4.78, 5) is 8.89. The van der Waals surface area contributed by atoms with Crippen molar-refractivity contribution < 1.29 is 4.74 Å². The molecule has 1 heterocycles. The molecule has 0 amide bonds. The summed E-state index contributed by atoms with van der Waals surface area (Å²) in [5.74, 6) is 2.52. The third kappa shape index (κ3) is 3.69. The van der Waals surface area contributed by atoms with E-state index in [9.17, 15) is 0 Å². The number of nitrogens with one attached hydrogen (secondary N) is 1. The number of ether oxygens (including phenoxy) is 1. The standard InChI is InChI=1S/C16H27N3O/c1-11(2)19-10-13-6-5-12(3)9-14(13)15-16(20-4)18-8-7-17-15/h7-8,11-14,19H,5-6,9-10H2,1-4H3. The van der Waals surface area contributed by atoms with Crippen molar-refractivity contribution in [2.24, 2.45) is 11.8 Å². The van der Waals surface area contributed by atoms with Crippen molar-refractivity contribution in [3.8, 4) is 5.88 Å². The van der Waals surface area contributed by atoms with E-state index in [1.54, 1.807) is 19.5 Å². The number of hydrogen-bond acceptors (Lipinski definition) is 4. The van der Waals surface area contributed by atoms with E-state index in [-0.39, 0.29) is 0 Å². The molecule has 1 aromatic rings. The number of aromatic nitrogens is 2. The average molecular weight is 277 g/mol. The molecule has 0 radical (unpaired) electrons. The molecule has 1 saturated carbocycles. The predicted octanol–water partition coefficient (Wildman–Crippen LogP) is 3.00. The van der Waals surface area contributed by atoms with Crippen molar-refractivity contribution in [2.75, 3.05) is 13.7 Å². The van der Waals surface area contributed by atoms with Crippen LogP contribution in [0.2, 0.25) is 0 Å². The highest BCUT2D eigenvalue weighted by Crippen LogP contribution is 2.41. The molecule has 3 unspecified atom stereocenters. The minimum absolute atomic E-state index is 0.452. The van der Waals surface area contributed by atoms with Gasteiger partial charge in [-0.1, -0.05) is 27.2 Å². The van der Waals surface area contributed by atoms with Crippen LogP contribution in [0.5, 0.6) is 5.88 Å². The number of rotatable bonds is 5. The quantitative estimate of drug-likeness (QED) is 0.898. The summed E-state index contributed by atoms with van der Waals surface area (Å²) in [6.07, 6.45) is 7.23. The number of hydrogen-bond donors (Lipinski definition) is 1. The van der Waals surface area contributed by atoms with E-state index in [2.05, 4.69) is 36.1 Å². The van der Waals surface area contributed by atoms with Gasteiger partial charge >= 0.3 is 0 Å². The molecule has 1 aliphatic rings. The topological polar surface area (TPSA) is 47.0 Å². The summed E-state index contributed by atoms with van der Waals surface area (Å²) in [5, 5.41) is 3.58. The predicted molar refractivity (Wildman–Crippen MR) is 81.0 cm³/mol. The van der Waals surface area contributed by atoms with Gasteiger partial charge < -0.3 is 10.1 Å². The molecule has 4 nitrogen and oxygen atoms in total. The molecule has 0 saturated heterocycles. The van der Waals surface area contributed by atoms with Gasteiger partial charge in [0.15, 0.2) is 0 Å². The molecule has 0 bridgehead atoms. The Labute approximate surface area is 122 Å². The third-order valence-corrected chi connectivity index (χ3v) is 4.28. The highest BCUT2D eigenvalue weighted by molar-refractivity contribution is 5.23. The second-order valence-corrected chi connectivity index (χ2v) is 6.30. The Morgan fingerprint density at radius 2 is 2.05 bits per heavy atom. The van der Waals surface area contributed by atoms with E-state index in [1.807, 2.05) is 0 Å². The fourth-order valence-electron chi connectivity index (χ4n) is 3.16. The molecule has 112 valence electrons. The molecular weight excluding hydrogens is 250 g/mol. The Kier molecular flexibility index (Phi) is 5.35. The van der Waals surface area contributed by atoms with Crippen LogP contribution in [0.3, 0.4) is 0 Å². The van der Waals surface area contributed by atoms with Crippen molar-refractivity contribution in [1.29, 1.82) is 0 Å². The van der Waals surface area contributed by atoms with Crippen LogP contribution in [-0.4, -0.2) is 29.7 Å². The second kappa shape index (κ2) is 7.02. The number of methoxy groups -OCH3 is 1. The van der Waals surface area contributed by atoms with Crippen LogP contribution in [0.4, 0.5) is 0 Å². The Hall–Kier alpha value is -1.16. The second-order valence-electron chi connectivity index (χ2n) is 6.30. The highest BCUT2D eigenvalue weighted by atomic mass is 16.5. The molecule has 1 aliphatic carbocycles. The van der Waals surface area contributed by atoms with Crippen LogP contribution in [-0.2, 0) is 0 Å². The van der Waals surface area contributed by atoms with Crippen molar-refractivity contribution >= 4 is 0 Å². The van der Waals surface area contributed by atoms with Crippen LogP contribution >= 0.6 is 0 Å². The van der Waals surface area contributed by atoms with Gasteiger partial charge in [-0.2, -0.15) is 0 Å². The van der Waals surface area contributed by atoms with E-state index in [1.165, 1.54) is 19.3 Å². The minimum Gasteiger partial charge on any atom is -0.480 e. The summed E-state index contributed by atoms with van der Waals surface area (Å²) < 4.78 is 5.41. The zero-order chi connectivity index (χ0) is 14.5. The van der Waals surface area contributed by atoms with Gasteiger partial charge in [0.25, 0.3) is 0 Å². The van der Waals surface area contributed by atoms with Crippen LogP contribution in [0.25, 0.3) is 0 Å². The molecule has 3 atom stereocenters. The first-order valence-electron chi connectivity index (χ1n) is 7.70. The molecule has 4 heteroatoms. The Bertz CT molecular complexity index is 422. The maximum atomic E-state index is 5.41. The van der Waals surface area contributed by atoms with Gasteiger partial charge in [0, 0.05) is 24.4 Å². The summed E-state index contributed by atoms with van der Waals surface area (Å²) >= 11 is 0. The van der Waals surface area contributed by atoms with E-state index in [4.69, 9.17) is 4.74 Å². The lowest BCUT2D eigenvalue weighted by molar-refractivity contribution is 0.229. The van der Waals surface area contributed by atoms with Gasteiger partial charge in [-0.3, -0.25) is 4.98 Å². The number of nitrogens with zero attached hydrogens (tertiary/aromatic N) is 2. The van der Waals surface area contributed by atoms with Crippen molar-refractivity contribution in [3.05, 3.63) is 18.1 Å². The summed E-state index contributed by atoms with van der Waals surface area (Å²) in [6.45, 7) is 7.78. The Morgan fingerprint density at radius 1 is 1.30 bits per heavy atom. The Morgan fingerprint density at radius 3 is 2.75 bits per heavy atom. The molecule has 0 aromatic carbocycles. The largest absolute Gasteiger partial charge is 0.480 e. The Balaban J connectivity index is 2.18. The lowest BCUT2D eigenvalue weighted by Crippen LogP contribution is -2.35. The van der Waals surface area contributed by atoms with E-state index in [0.717, 1.165) is 18.2 Å². The van der Waals surface area contributed by atoms with Gasteiger partial charge in [-0.25, -0.2) is 4.98 Å². The fourth-order valence-corrected chi connectivity index (χ4v) is 3.16. The van der Waals surface area contributed by atoms with Crippen LogP contribution < -0.4 is 10.1 Å². The first kappa shape index (κ1) is 15.2. The smallest absolute Gasteiger partial charge is 0.235 e. The zero-order valence-corrected chi connectivity index (χ0v) is 13.1. The lowest BCUT2D eigenvalue weighted by Gasteiger charge is -2.35. The molecule has 1 fully saturated rings. The van der Waals surface area contributed by atoms with Gasteiger partial charge in [-0.05, 0) is 31.2 Å². The summed E-state index contributed by atoms with van der Waals surface area (Å²) in [6, 6.07) is 0.527. The van der Waals surface area contributed by atoms with E-state index in [0.29, 0.717) is 23.8 Å². The van der Waals surface area contributed by atoms with Gasteiger partial charge in [-0.15, -0.1) is 0 Å². The van der Waals surface area contributed by atoms with Crippen LogP contribution in [0, 0.1) is 11.8 Å². The monoisotopic (exact) mass is 277 g/mol. The molecule has 1 N–H and O–H groups in total. The van der Waals surface area contributed by atoms with E-state index >= 15 is 0 Å². The van der Waals surface area contributed by atoms with Gasteiger partial charge in [0.05, 0.1) is 7.11 Å². The summed E-state index contributed by atoms with van der Waals surface area (Å²) in [7, 11) is 1.68. The molecule has 2 rings (SSSR count). The first-order valence-corrected chi connectivity index (χ1v) is 7.70. The molecule has 1 aromatic heterocycles. The summed E-state index contributed by atoms with van der Waals surface area (Å²) in [5.41, 5.74) is 1.04. The van der Waals surface area contributed by atoms with Gasteiger partial charge in [0.2, 0.25) is 5.88 Å². The molecule has 20 heavy (non-hydrogen) atoms. The molecule has 0 spiro atoms. The van der Waals surface area contributed by atoms with Crippen LogP contribution in [0.15, 0.2) is 12.4 Å². The molecular formula is C16H27N3O. The highest BCUT2D eigenvalue weighted by Gasteiger charge is 2.32. The first-order chi connectivity index (χ1) is 9.61. The van der Waals surface area contributed by atoms with Gasteiger partial charge in [0.1, 0.15) is 5.69 Å². The maximum absolute atomic E-state index is 5.41. The normalized spacial score (nSPS) is 26.8. The fraction of sp³-hybridized carbons (Fsp3) is 0.750.